The smallest absolute Gasteiger partial charge is 0.242 e. The van der Waals surface area contributed by atoms with Gasteiger partial charge in [-0.3, -0.25) is 29.0 Å². The second-order valence-electron chi connectivity index (χ2n) is 14.4. The molecule has 2 aliphatic rings. The number of anilines is 2. The summed E-state index contributed by atoms with van der Waals surface area (Å²) in [4.78, 5) is 67.3. The minimum atomic E-state index is -0.621. The van der Waals surface area contributed by atoms with Crippen molar-refractivity contribution in [2.75, 3.05) is 23.7 Å². The van der Waals surface area contributed by atoms with Crippen molar-refractivity contribution < 1.29 is 19.2 Å². The first-order valence-electron chi connectivity index (χ1n) is 18.8. The summed E-state index contributed by atoms with van der Waals surface area (Å²) in [5, 5.41) is 5.93. The quantitative estimate of drug-likeness (QED) is 0.131. The predicted molar refractivity (Wildman–Crippen MR) is 230 cm³/mol. The van der Waals surface area contributed by atoms with E-state index in [2.05, 4.69) is 10.6 Å². The fourth-order valence-corrected chi connectivity index (χ4v) is 9.47. The van der Waals surface area contributed by atoms with Gasteiger partial charge in [-0.25, -0.2) is 9.98 Å². The van der Waals surface area contributed by atoms with Gasteiger partial charge in [0.2, 0.25) is 23.6 Å². The van der Waals surface area contributed by atoms with Crippen LogP contribution in [0, 0.1) is 41.5 Å². The molecule has 0 aliphatic carbocycles. The Hall–Kier alpha value is -5.20. The lowest BCUT2D eigenvalue weighted by atomic mass is 10.0. The SMILES string of the molecule is Cc1cc(C)c(NC(=O)CC2SC(=Nc3ccccc3)N(CCCCN3C(=O)C(CC(=O)Nc4c(C)cc(C)cc4C)SC3=Nc3ccccc3)C2=O)c(C)c1. The molecule has 2 fully saturated rings. The van der Waals surface area contributed by atoms with E-state index in [0.717, 1.165) is 44.8 Å². The number of aryl methyl sites for hydroxylation is 6. The van der Waals surface area contributed by atoms with Crippen molar-refractivity contribution in [3.05, 3.63) is 118 Å². The van der Waals surface area contributed by atoms with Crippen molar-refractivity contribution in [2.24, 2.45) is 9.98 Å². The summed E-state index contributed by atoms with van der Waals surface area (Å²) < 4.78 is 0. The highest BCUT2D eigenvalue weighted by Crippen LogP contribution is 2.35. The molecular formula is C44H48N6O4S2. The van der Waals surface area contributed by atoms with Crippen LogP contribution in [-0.4, -0.2) is 67.4 Å². The number of hydrogen-bond acceptors (Lipinski definition) is 8. The molecule has 0 bridgehead atoms. The summed E-state index contributed by atoms with van der Waals surface area (Å²) in [5.74, 6) is -0.785. The average molecular weight is 789 g/mol. The molecule has 0 aromatic heterocycles. The lowest BCUT2D eigenvalue weighted by molar-refractivity contribution is -0.128. The predicted octanol–water partition coefficient (Wildman–Crippen LogP) is 8.94. The molecular weight excluding hydrogens is 741 g/mol. The number of rotatable bonds is 13. The molecule has 4 aromatic rings. The molecule has 2 atom stereocenters. The van der Waals surface area contributed by atoms with Crippen LogP contribution in [0.15, 0.2) is 94.9 Å². The van der Waals surface area contributed by atoms with E-state index in [1.165, 1.54) is 23.5 Å². The number of amides is 4. The highest BCUT2D eigenvalue weighted by molar-refractivity contribution is 8.15. The summed E-state index contributed by atoms with van der Waals surface area (Å²) in [6.07, 6.45) is 1.17. The zero-order valence-corrected chi connectivity index (χ0v) is 34.4. The average Bonchev–Trinajstić information content (AvgIpc) is 3.59. The van der Waals surface area contributed by atoms with Crippen molar-refractivity contribution in [3.63, 3.8) is 0 Å². The van der Waals surface area contributed by atoms with Gasteiger partial charge in [0.25, 0.3) is 0 Å². The Morgan fingerprint density at radius 3 is 1.25 bits per heavy atom. The molecule has 0 saturated carbocycles. The van der Waals surface area contributed by atoms with Crippen LogP contribution in [0.4, 0.5) is 22.7 Å². The topological polar surface area (TPSA) is 124 Å². The standard InChI is InChI=1S/C44H48N6O4S2/c1-27-21-29(3)39(30(4)22-27)47-37(51)25-35-41(53)49(43(55-35)45-33-15-9-7-10-16-33)19-13-14-20-50-42(54)36(56-44(50)46-34-17-11-8-12-18-34)26-38(52)48-40-31(5)23-28(2)24-32(40)6/h7-12,15-18,21-24,35-36H,13-14,19-20,25-26H2,1-6H3,(H,47,51)(H,48,52). The lowest BCUT2D eigenvalue weighted by Gasteiger charge is -2.19. The third-order valence-electron chi connectivity index (χ3n) is 9.64. The highest BCUT2D eigenvalue weighted by atomic mass is 32.2. The number of hydrogen-bond donors (Lipinski definition) is 2. The molecule has 10 nitrogen and oxygen atoms in total. The maximum absolute atomic E-state index is 13.9. The van der Waals surface area contributed by atoms with Gasteiger partial charge in [0, 0.05) is 37.3 Å². The van der Waals surface area contributed by atoms with Crippen molar-refractivity contribution in [1.29, 1.82) is 0 Å². The molecule has 2 aliphatic heterocycles. The van der Waals surface area contributed by atoms with Crippen molar-refractivity contribution in [3.8, 4) is 0 Å². The monoisotopic (exact) mass is 788 g/mol. The summed E-state index contributed by atoms with van der Waals surface area (Å²) in [5.41, 5.74) is 9.12. The number of carbonyl (C=O) groups excluding carboxylic acids is 4. The first kappa shape index (κ1) is 40.5. The maximum atomic E-state index is 13.9. The Balaban J connectivity index is 1.13. The third-order valence-corrected chi connectivity index (χ3v) is 12.0. The summed E-state index contributed by atoms with van der Waals surface area (Å²) in [6, 6.07) is 27.0. The molecule has 2 heterocycles. The Kier molecular flexibility index (Phi) is 13.1. The second kappa shape index (κ2) is 18.2. The normalized spacial score (nSPS) is 18.3. The number of aliphatic imine (C=N–C) groups is 2. The van der Waals surface area contributed by atoms with E-state index in [1.807, 2.05) is 126 Å². The van der Waals surface area contributed by atoms with Crippen molar-refractivity contribution in [1.82, 2.24) is 9.80 Å². The van der Waals surface area contributed by atoms with Crippen LogP contribution >= 0.6 is 23.5 Å². The van der Waals surface area contributed by atoms with Gasteiger partial charge < -0.3 is 10.6 Å². The van der Waals surface area contributed by atoms with Crippen LogP contribution in [0.25, 0.3) is 0 Å². The van der Waals surface area contributed by atoms with Crippen LogP contribution in [0.5, 0.6) is 0 Å². The third kappa shape index (κ3) is 9.96. The fraction of sp³-hybridized carbons (Fsp3) is 0.318. The van der Waals surface area contributed by atoms with Crippen LogP contribution in [0.1, 0.15) is 59.1 Å². The number of nitrogens with zero attached hydrogens (tertiary/aromatic N) is 4. The zero-order valence-electron chi connectivity index (χ0n) is 32.7. The number of unbranched alkanes of at least 4 members (excludes halogenated alkanes) is 1. The van der Waals surface area contributed by atoms with E-state index in [4.69, 9.17) is 9.98 Å². The van der Waals surface area contributed by atoms with Gasteiger partial charge in [0.05, 0.1) is 11.4 Å². The number of amidine groups is 2. The molecule has 2 saturated heterocycles. The van der Waals surface area contributed by atoms with E-state index in [-0.39, 0.29) is 36.5 Å². The highest BCUT2D eigenvalue weighted by Gasteiger charge is 2.41. The fourth-order valence-electron chi connectivity index (χ4n) is 7.10. The molecule has 4 amide bonds. The molecule has 56 heavy (non-hydrogen) atoms. The van der Waals surface area contributed by atoms with Gasteiger partial charge in [-0.15, -0.1) is 0 Å². The van der Waals surface area contributed by atoms with E-state index >= 15 is 0 Å². The van der Waals surface area contributed by atoms with Gasteiger partial charge in [-0.2, -0.15) is 0 Å². The summed E-state index contributed by atoms with van der Waals surface area (Å²) >= 11 is 2.61. The largest absolute Gasteiger partial charge is 0.326 e. The lowest BCUT2D eigenvalue weighted by Crippen LogP contribution is -2.36. The molecule has 290 valence electrons. The first-order valence-corrected chi connectivity index (χ1v) is 20.6. The molecule has 2 unspecified atom stereocenters. The minimum Gasteiger partial charge on any atom is -0.326 e. The number of nitrogens with one attached hydrogen (secondary N) is 2. The molecule has 4 aromatic carbocycles. The number of thioether (sulfide) groups is 2. The van der Waals surface area contributed by atoms with Crippen LogP contribution in [-0.2, 0) is 19.2 Å². The first-order chi connectivity index (χ1) is 26.9. The van der Waals surface area contributed by atoms with E-state index in [1.54, 1.807) is 9.80 Å². The van der Waals surface area contributed by atoms with Crippen LogP contribution < -0.4 is 10.6 Å². The van der Waals surface area contributed by atoms with Gasteiger partial charge in [0.15, 0.2) is 10.3 Å². The number of benzene rings is 4. The Bertz CT molecular complexity index is 1990. The second-order valence-corrected chi connectivity index (χ2v) is 16.8. The Morgan fingerprint density at radius 2 is 0.911 bits per heavy atom. The van der Waals surface area contributed by atoms with Gasteiger partial charge >= 0.3 is 0 Å². The van der Waals surface area contributed by atoms with Crippen molar-refractivity contribution in [2.45, 2.75) is 77.7 Å². The Labute approximate surface area is 337 Å². The van der Waals surface area contributed by atoms with E-state index < -0.39 is 10.5 Å². The van der Waals surface area contributed by atoms with E-state index in [9.17, 15) is 19.2 Å². The minimum absolute atomic E-state index is 0.0113. The number of para-hydroxylation sites is 2. The molecule has 2 N–H and O–H groups in total. The zero-order chi connectivity index (χ0) is 39.9. The molecule has 12 heteroatoms. The summed E-state index contributed by atoms with van der Waals surface area (Å²) in [7, 11) is 0. The molecule has 6 rings (SSSR count). The summed E-state index contributed by atoms with van der Waals surface area (Å²) in [6.45, 7) is 12.6. The van der Waals surface area contributed by atoms with Gasteiger partial charge in [-0.1, -0.05) is 95.3 Å². The van der Waals surface area contributed by atoms with Crippen LogP contribution in [0.2, 0.25) is 0 Å². The molecule has 0 radical (unpaired) electrons. The van der Waals surface area contributed by atoms with E-state index in [0.29, 0.717) is 47.6 Å². The molecule has 0 spiro atoms. The van der Waals surface area contributed by atoms with Crippen molar-refractivity contribution >= 4 is 80.2 Å². The number of carbonyl (C=O) groups is 4. The van der Waals surface area contributed by atoms with Gasteiger partial charge in [-0.05, 0) is 101 Å². The Morgan fingerprint density at radius 1 is 0.571 bits per heavy atom. The maximum Gasteiger partial charge on any atom is 0.242 e. The van der Waals surface area contributed by atoms with Gasteiger partial charge in [0.1, 0.15) is 10.5 Å². The van der Waals surface area contributed by atoms with Crippen LogP contribution in [0.3, 0.4) is 0 Å².